The largest absolute Gasteiger partial charge is 0.497 e. The Labute approximate surface area is 140 Å². The Balaban J connectivity index is 2.00. The number of benzene rings is 1. The molecule has 24 heavy (non-hydrogen) atoms. The van der Waals surface area contributed by atoms with Crippen molar-refractivity contribution in [1.82, 2.24) is 19.7 Å². The van der Waals surface area contributed by atoms with Gasteiger partial charge in [-0.2, -0.15) is 5.10 Å². The van der Waals surface area contributed by atoms with Gasteiger partial charge in [0.05, 0.1) is 26.0 Å². The van der Waals surface area contributed by atoms with Crippen molar-refractivity contribution in [2.75, 3.05) is 19.5 Å². The zero-order valence-corrected chi connectivity index (χ0v) is 14.5. The van der Waals surface area contributed by atoms with Crippen molar-refractivity contribution in [3.63, 3.8) is 0 Å². The van der Waals surface area contributed by atoms with E-state index in [1.807, 2.05) is 32.2 Å². The first-order chi connectivity index (χ1) is 11.5. The van der Waals surface area contributed by atoms with E-state index in [9.17, 15) is 0 Å². The third-order valence-electron chi connectivity index (χ3n) is 4.05. The summed E-state index contributed by atoms with van der Waals surface area (Å²) in [4.78, 5) is 8.71. The van der Waals surface area contributed by atoms with Gasteiger partial charge in [0.25, 0.3) is 0 Å². The van der Waals surface area contributed by atoms with Crippen LogP contribution in [0.2, 0.25) is 0 Å². The second-order valence-corrected chi connectivity index (χ2v) is 5.60. The fourth-order valence-corrected chi connectivity index (χ4v) is 2.84. The Kier molecular flexibility index (Phi) is 4.24. The van der Waals surface area contributed by atoms with Crippen LogP contribution in [-0.4, -0.2) is 34.0 Å². The van der Waals surface area contributed by atoms with Gasteiger partial charge < -0.3 is 14.8 Å². The minimum absolute atomic E-state index is 0.0386. The molecule has 126 valence electrons. The highest BCUT2D eigenvalue weighted by molar-refractivity contribution is 5.87. The van der Waals surface area contributed by atoms with Gasteiger partial charge in [-0.15, -0.1) is 0 Å². The average molecular weight is 327 g/mol. The van der Waals surface area contributed by atoms with Crippen LogP contribution in [0.3, 0.4) is 0 Å². The molecule has 0 saturated carbocycles. The predicted octanol–water partition coefficient (Wildman–Crippen LogP) is 2.86. The highest BCUT2D eigenvalue weighted by Gasteiger charge is 2.17. The molecule has 0 aliphatic rings. The molecule has 2 heterocycles. The van der Waals surface area contributed by atoms with Crippen molar-refractivity contribution in [1.29, 1.82) is 0 Å². The van der Waals surface area contributed by atoms with E-state index < -0.39 is 0 Å². The maximum absolute atomic E-state index is 5.47. The van der Waals surface area contributed by atoms with Crippen molar-refractivity contribution < 1.29 is 9.47 Å². The number of hydrogen-bond acceptors (Lipinski definition) is 6. The molecule has 0 radical (unpaired) electrons. The van der Waals surface area contributed by atoms with E-state index in [1.165, 1.54) is 0 Å². The van der Waals surface area contributed by atoms with E-state index in [0.29, 0.717) is 0 Å². The normalized spacial score (nSPS) is 12.2. The number of methoxy groups -OCH3 is 2. The molecule has 0 saturated heterocycles. The lowest BCUT2D eigenvalue weighted by molar-refractivity contribution is 0.397. The molecule has 7 nitrogen and oxygen atoms in total. The molecule has 1 atom stereocenters. The van der Waals surface area contributed by atoms with Crippen LogP contribution in [0.1, 0.15) is 24.2 Å². The molecule has 0 aliphatic carbocycles. The van der Waals surface area contributed by atoms with Crippen LogP contribution < -0.4 is 14.8 Å². The van der Waals surface area contributed by atoms with Crippen LogP contribution in [0, 0.1) is 6.92 Å². The molecule has 0 aliphatic heterocycles. The van der Waals surface area contributed by atoms with E-state index in [-0.39, 0.29) is 6.04 Å². The first-order valence-corrected chi connectivity index (χ1v) is 7.68. The Morgan fingerprint density at radius 2 is 1.96 bits per heavy atom. The van der Waals surface area contributed by atoms with Gasteiger partial charge in [-0.25, -0.2) is 9.97 Å². The van der Waals surface area contributed by atoms with E-state index >= 15 is 0 Å². The van der Waals surface area contributed by atoms with Crippen LogP contribution in [0.15, 0.2) is 24.5 Å². The average Bonchev–Trinajstić information content (AvgIpc) is 2.89. The Morgan fingerprint density at radius 3 is 2.67 bits per heavy atom. The summed E-state index contributed by atoms with van der Waals surface area (Å²) in [7, 11) is 5.20. The summed E-state index contributed by atoms with van der Waals surface area (Å²) >= 11 is 0. The minimum atomic E-state index is -0.0386. The van der Waals surface area contributed by atoms with Gasteiger partial charge in [-0.1, -0.05) is 0 Å². The monoisotopic (exact) mass is 327 g/mol. The number of aryl methyl sites for hydroxylation is 2. The number of ether oxygens (including phenoxy) is 2. The van der Waals surface area contributed by atoms with Gasteiger partial charge in [-0.05, 0) is 32.0 Å². The molecule has 0 fully saturated rings. The van der Waals surface area contributed by atoms with E-state index in [0.717, 1.165) is 39.6 Å². The minimum Gasteiger partial charge on any atom is -0.497 e. The molecule has 0 spiro atoms. The highest BCUT2D eigenvalue weighted by Crippen LogP contribution is 2.32. The first-order valence-electron chi connectivity index (χ1n) is 7.68. The molecule has 2 aromatic heterocycles. The Morgan fingerprint density at radius 1 is 1.17 bits per heavy atom. The Hall–Kier alpha value is -2.83. The van der Waals surface area contributed by atoms with Gasteiger partial charge in [-0.3, -0.25) is 4.68 Å². The molecule has 1 N–H and O–H groups in total. The van der Waals surface area contributed by atoms with Gasteiger partial charge >= 0.3 is 0 Å². The molecule has 3 rings (SSSR count). The number of rotatable bonds is 5. The lowest BCUT2D eigenvalue weighted by Gasteiger charge is -2.19. The van der Waals surface area contributed by atoms with Crippen LogP contribution in [0.5, 0.6) is 11.5 Å². The van der Waals surface area contributed by atoms with Gasteiger partial charge in [0.15, 0.2) is 5.82 Å². The van der Waals surface area contributed by atoms with E-state index in [1.54, 1.807) is 25.2 Å². The van der Waals surface area contributed by atoms with Crippen molar-refractivity contribution in [3.8, 4) is 11.5 Å². The second kappa shape index (κ2) is 6.35. The number of fused-ring (bicyclic) bond motifs is 1. The number of anilines is 1. The van der Waals surface area contributed by atoms with Crippen molar-refractivity contribution in [2.45, 2.75) is 19.9 Å². The zero-order valence-electron chi connectivity index (χ0n) is 14.5. The third-order valence-corrected chi connectivity index (χ3v) is 4.05. The van der Waals surface area contributed by atoms with Crippen LogP contribution in [0.4, 0.5) is 5.82 Å². The maximum Gasteiger partial charge on any atom is 0.156 e. The SMILES string of the molecule is COc1ccc(OC)c(C(C)Nc2ncnc3c(C)nn(C)c23)c1. The number of hydrogen-bond donors (Lipinski definition) is 1. The van der Waals surface area contributed by atoms with Crippen LogP contribution in [0.25, 0.3) is 11.0 Å². The summed E-state index contributed by atoms with van der Waals surface area (Å²) in [5, 5.41) is 7.86. The fourth-order valence-electron chi connectivity index (χ4n) is 2.84. The smallest absolute Gasteiger partial charge is 0.156 e. The lowest BCUT2D eigenvalue weighted by Crippen LogP contribution is -2.11. The number of aromatic nitrogens is 4. The molecule has 7 heteroatoms. The maximum atomic E-state index is 5.47. The molecule has 1 unspecified atom stereocenters. The zero-order chi connectivity index (χ0) is 17.3. The quantitative estimate of drug-likeness (QED) is 0.777. The third kappa shape index (κ3) is 2.73. The lowest BCUT2D eigenvalue weighted by atomic mass is 10.1. The summed E-state index contributed by atoms with van der Waals surface area (Å²) in [5.41, 5.74) is 3.59. The summed E-state index contributed by atoms with van der Waals surface area (Å²) in [5.74, 6) is 2.31. The summed E-state index contributed by atoms with van der Waals surface area (Å²) in [6.07, 6.45) is 1.55. The van der Waals surface area contributed by atoms with Gasteiger partial charge in [0, 0.05) is 12.6 Å². The van der Waals surface area contributed by atoms with Crippen molar-refractivity contribution in [3.05, 3.63) is 35.8 Å². The number of nitrogens with one attached hydrogen (secondary N) is 1. The van der Waals surface area contributed by atoms with Gasteiger partial charge in [0.2, 0.25) is 0 Å². The fraction of sp³-hybridized carbons (Fsp3) is 0.353. The highest BCUT2D eigenvalue weighted by atomic mass is 16.5. The van der Waals surface area contributed by atoms with Gasteiger partial charge in [0.1, 0.15) is 28.9 Å². The molecule has 3 aromatic rings. The second-order valence-electron chi connectivity index (χ2n) is 5.60. The summed E-state index contributed by atoms with van der Waals surface area (Å²) < 4.78 is 12.6. The molecule has 1 aromatic carbocycles. The van der Waals surface area contributed by atoms with E-state index in [4.69, 9.17) is 9.47 Å². The molecule has 0 amide bonds. The molecular formula is C17H21N5O2. The first kappa shape index (κ1) is 16.0. The molecule has 0 bridgehead atoms. The standard InChI is InChI=1S/C17H21N5O2/c1-10(13-8-12(23-4)6-7-14(13)24-5)20-17-16-15(18-9-19-17)11(2)21-22(16)3/h6-10H,1-5H3,(H,18,19,20). The molecular weight excluding hydrogens is 306 g/mol. The van der Waals surface area contributed by atoms with E-state index in [2.05, 4.69) is 27.3 Å². The number of nitrogens with zero attached hydrogens (tertiary/aromatic N) is 4. The summed E-state index contributed by atoms with van der Waals surface area (Å²) in [6, 6.07) is 5.70. The topological polar surface area (TPSA) is 74.1 Å². The predicted molar refractivity (Wildman–Crippen MR) is 92.6 cm³/mol. The Bertz CT molecular complexity index is 875. The van der Waals surface area contributed by atoms with Crippen molar-refractivity contribution >= 4 is 16.9 Å². The van der Waals surface area contributed by atoms with Crippen molar-refractivity contribution in [2.24, 2.45) is 7.05 Å². The van der Waals surface area contributed by atoms with Crippen LogP contribution in [-0.2, 0) is 7.05 Å². The summed E-state index contributed by atoms with van der Waals surface area (Å²) in [6.45, 7) is 3.99. The van der Waals surface area contributed by atoms with Crippen LogP contribution >= 0.6 is 0 Å².